The summed E-state index contributed by atoms with van der Waals surface area (Å²) in [7, 11) is -11.1. The van der Waals surface area contributed by atoms with E-state index in [1.165, 1.54) is 0 Å². The number of aliphatic hydroxyl groups excluding tert-OH is 5. The Morgan fingerprint density at radius 1 is 0.944 bits per heavy atom. The number of aliphatic hydroxyl groups is 5. The Labute approximate surface area is 199 Å². The summed E-state index contributed by atoms with van der Waals surface area (Å²) < 4.78 is 60.7. The molecule has 3 rings (SSSR count). The van der Waals surface area contributed by atoms with E-state index in [9.17, 15) is 58.4 Å². The number of halogens is 1. The first-order valence-corrected chi connectivity index (χ1v) is 12.9. The molecule has 36 heavy (non-hydrogen) atoms. The lowest BCUT2D eigenvalue weighted by atomic mass is 10.00. The number of hydrogen-bond donors (Lipinski definition) is 8. The van der Waals surface area contributed by atoms with Crippen molar-refractivity contribution in [2.75, 3.05) is 13.3 Å². The van der Waals surface area contributed by atoms with Crippen molar-refractivity contribution in [3.63, 3.8) is 0 Å². The fourth-order valence-corrected chi connectivity index (χ4v) is 5.49. The van der Waals surface area contributed by atoms with E-state index in [0.29, 0.717) is 4.57 Å². The number of H-pyrrole nitrogens is 1. The number of aromatic amines is 1. The Balaban J connectivity index is 1.61. The Bertz CT molecular complexity index is 1130. The van der Waals surface area contributed by atoms with E-state index >= 15 is 0 Å². The Morgan fingerprint density at radius 3 is 2.19 bits per heavy atom. The third-order valence-corrected chi connectivity index (χ3v) is 7.73. The topological polar surface area (TPSA) is 277 Å². The number of phosphoric acid groups is 2. The molecule has 1 aromatic rings. The molecule has 8 N–H and O–H groups in total. The summed E-state index contributed by atoms with van der Waals surface area (Å²) in [6.07, 6.45) is -16.0. The van der Waals surface area contributed by atoms with E-state index in [0.717, 1.165) is 12.3 Å². The van der Waals surface area contributed by atoms with Gasteiger partial charge in [-0.05, 0) is 0 Å². The maximum atomic E-state index is 12.9. The van der Waals surface area contributed by atoms with Crippen molar-refractivity contribution in [3.8, 4) is 0 Å². The summed E-state index contributed by atoms with van der Waals surface area (Å²) in [6.45, 7) is -2.44. The van der Waals surface area contributed by atoms with Gasteiger partial charge in [-0.1, -0.05) is 0 Å². The van der Waals surface area contributed by atoms with Gasteiger partial charge in [0.15, 0.2) is 12.5 Å². The van der Waals surface area contributed by atoms with Crippen molar-refractivity contribution < 1.29 is 71.7 Å². The minimum absolute atomic E-state index is 0.714. The number of aromatic nitrogens is 2. The van der Waals surface area contributed by atoms with Crippen LogP contribution in [0.2, 0.25) is 0 Å². The van der Waals surface area contributed by atoms with Gasteiger partial charge in [-0.15, -0.1) is 0 Å². The van der Waals surface area contributed by atoms with Gasteiger partial charge < -0.3 is 44.8 Å². The molecule has 18 nitrogen and oxygen atoms in total. The van der Waals surface area contributed by atoms with Crippen LogP contribution < -0.4 is 11.2 Å². The molecular weight excluding hydrogens is 545 g/mol. The zero-order valence-electron chi connectivity index (χ0n) is 17.8. The Kier molecular flexibility index (Phi) is 9.02. The largest absolute Gasteiger partial charge is 0.483 e. The predicted octanol–water partition coefficient (Wildman–Crippen LogP) is -3.82. The van der Waals surface area contributed by atoms with Crippen LogP contribution in [0.25, 0.3) is 0 Å². The molecule has 1 aromatic heterocycles. The second kappa shape index (κ2) is 11.1. The summed E-state index contributed by atoms with van der Waals surface area (Å²) >= 11 is 0. The van der Waals surface area contributed by atoms with Crippen LogP contribution in [-0.4, -0.2) is 107 Å². The van der Waals surface area contributed by atoms with Gasteiger partial charge in [0.2, 0.25) is 0 Å². The molecule has 0 amide bonds. The van der Waals surface area contributed by atoms with Crippen molar-refractivity contribution in [2.45, 2.75) is 55.2 Å². The highest BCUT2D eigenvalue weighted by Gasteiger charge is 2.49. The first kappa shape index (κ1) is 29.2. The van der Waals surface area contributed by atoms with Gasteiger partial charge in [0.1, 0.15) is 49.4 Å². The zero-order valence-corrected chi connectivity index (χ0v) is 19.6. The molecule has 3 unspecified atom stereocenters. The summed E-state index contributed by atoms with van der Waals surface area (Å²) in [6, 6.07) is 0.921. The van der Waals surface area contributed by atoms with Crippen molar-refractivity contribution in [1.29, 1.82) is 0 Å². The maximum Gasteiger partial charge on any atom is 0.483 e. The predicted molar refractivity (Wildman–Crippen MR) is 108 cm³/mol. The van der Waals surface area contributed by atoms with Crippen molar-refractivity contribution in [1.82, 2.24) is 9.55 Å². The van der Waals surface area contributed by atoms with Gasteiger partial charge in [0.05, 0.1) is 6.61 Å². The van der Waals surface area contributed by atoms with E-state index in [4.69, 9.17) is 9.47 Å². The molecule has 21 heteroatoms. The maximum absolute atomic E-state index is 12.9. The summed E-state index contributed by atoms with van der Waals surface area (Å²) in [5.41, 5.74) is -1.76. The van der Waals surface area contributed by atoms with Crippen LogP contribution in [0.15, 0.2) is 21.9 Å². The van der Waals surface area contributed by atoms with Crippen LogP contribution in [-0.2, 0) is 32.0 Å². The number of nitrogens with zero attached hydrogens (tertiary/aromatic N) is 1. The number of alkyl halides is 1. The monoisotopic (exact) mass is 568 g/mol. The molecule has 2 saturated heterocycles. The summed E-state index contributed by atoms with van der Waals surface area (Å²) in [5, 5.41) is 49.3. The SMILES string of the molecule is O=c1ccn([C@@H]2O[C@H](COP(=O)(O)OP(=O)(O)OC3O[C@H](CF)[C@H](O)[C@H](O)[C@H]3O)[C@@H](O)[C@H]2O)c(=O)[nH]1. The zero-order chi connectivity index (χ0) is 27.0. The van der Waals surface area contributed by atoms with Crippen LogP contribution in [0, 0.1) is 0 Å². The Morgan fingerprint density at radius 2 is 1.58 bits per heavy atom. The lowest BCUT2D eigenvalue weighted by molar-refractivity contribution is -0.277. The van der Waals surface area contributed by atoms with Gasteiger partial charge >= 0.3 is 21.3 Å². The van der Waals surface area contributed by atoms with Crippen LogP contribution >= 0.6 is 15.6 Å². The summed E-state index contributed by atoms with van der Waals surface area (Å²) in [4.78, 5) is 44.4. The molecule has 0 bridgehead atoms. The molecule has 0 spiro atoms. The number of nitrogens with one attached hydrogen (secondary N) is 1. The average molecular weight is 568 g/mol. The van der Waals surface area contributed by atoms with Crippen molar-refractivity contribution >= 4 is 15.6 Å². The third kappa shape index (κ3) is 6.53. The van der Waals surface area contributed by atoms with Gasteiger partial charge in [-0.25, -0.2) is 18.3 Å². The smallest absolute Gasteiger partial charge is 0.387 e. The highest BCUT2D eigenvalue weighted by atomic mass is 31.3. The highest BCUT2D eigenvalue weighted by molar-refractivity contribution is 7.61. The second-order valence-corrected chi connectivity index (χ2v) is 10.6. The molecule has 0 aliphatic carbocycles. The van der Waals surface area contributed by atoms with Gasteiger partial charge in [0, 0.05) is 12.3 Å². The van der Waals surface area contributed by atoms with Crippen LogP contribution in [0.4, 0.5) is 4.39 Å². The fraction of sp³-hybridized carbons (Fsp3) is 0.733. The van der Waals surface area contributed by atoms with Crippen LogP contribution in [0.3, 0.4) is 0 Å². The van der Waals surface area contributed by atoms with E-state index in [1.54, 1.807) is 0 Å². The molecule has 2 aliphatic rings. The molecule has 0 radical (unpaired) electrons. The minimum Gasteiger partial charge on any atom is -0.387 e. The standard InChI is InChI=1S/C15H23FN2O16P2/c16-3-5-8(20)10(22)12(24)14(32-5)33-36(28,29)34-35(26,27)30-4-6-9(21)11(23)13(31-6)18-2-1-7(19)17-15(18)25/h1-2,5-6,8-14,20-24H,3-4H2,(H,26,27)(H,28,29)(H,17,19,25)/t5-,6-,8+,9-,10+,11-,12-,13-,14?/m1/s1. The number of rotatable bonds is 9. The van der Waals surface area contributed by atoms with Crippen LogP contribution in [0.5, 0.6) is 0 Å². The van der Waals surface area contributed by atoms with Crippen molar-refractivity contribution in [2.24, 2.45) is 0 Å². The van der Waals surface area contributed by atoms with Crippen LogP contribution in [0.1, 0.15) is 6.23 Å². The van der Waals surface area contributed by atoms with E-state index < -0.39 is 95.4 Å². The molecule has 3 heterocycles. The number of hydrogen-bond acceptors (Lipinski definition) is 14. The lowest BCUT2D eigenvalue weighted by Gasteiger charge is -2.39. The minimum atomic E-state index is -5.63. The highest BCUT2D eigenvalue weighted by Crippen LogP contribution is 2.61. The molecule has 2 fully saturated rings. The molecular formula is C15H23FN2O16P2. The average Bonchev–Trinajstić information content (AvgIpc) is 3.06. The molecule has 11 atom stereocenters. The molecule has 0 saturated carbocycles. The molecule has 206 valence electrons. The number of phosphoric ester groups is 2. The third-order valence-electron chi connectivity index (χ3n) is 5.13. The lowest BCUT2D eigenvalue weighted by Crippen LogP contribution is -2.58. The van der Waals surface area contributed by atoms with Gasteiger partial charge in [-0.2, -0.15) is 4.31 Å². The van der Waals surface area contributed by atoms with E-state index in [-0.39, 0.29) is 0 Å². The summed E-state index contributed by atoms with van der Waals surface area (Å²) in [5.74, 6) is 0. The fourth-order valence-electron chi connectivity index (χ4n) is 3.33. The molecule has 0 aromatic carbocycles. The first-order valence-electron chi connectivity index (χ1n) is 9.94. The molecule has 2 aliphatic heterocycles. The quantitative estimate of drug-likeness (QED) is 0.133. The van der Waals surface area contributed by atoms with Gasteiger partial charge in [0.25, 0.3) is 5.56 Å². The van der Waals surface area contributed by atoms with Crippen molar-refractivity contribution in [3.05, 3.63) is 33.1 Å². The first-order chi connectivity index (χ1) is 16.7. The number of ether oxygens (including phenoxy) is 2. The van der Waals surface area contributed by atoms with E-state index in [2.05, 4.69) is 13.4 Å². The van der Waals surface area contributed by atoms with Gasteiger partial charge in [-0.3, -0.25) is 23.4 Å². The Hall–Kier alpha value is -1.41. The van der Waals surface area contributed by atoms with E-state index in [1.807, 2.05) is 4.98 Å². The normalized spacial score (nSPS) is 38.4. The second-order valence-electron chi connectivity index (χ2n) is 7.65.